The molecule has 0 aliphatic carbocycles. The molecule has 9 heteroatoms. The summed E-state index contributed by atoms with van der Waals surface area (Å²) >= 11 is 0. The third-order valence-electron chi connectivity index (χ3n) is 5.13. The highest BCUT2D eigenvalue weighted by Crippen LogP contribution is 2.19. The number of urea groups is 1. The van der Waals surface area contributed by atoms with Gasteiger partial charge in [0.25, 0.3) is 0 Å². The maximum Gasteiger partial charge on any atom is 0.317 e. The molecule has 3 aliphatic rings. The van der Waals surface area contributed by atoms with Crippen LogP contribution in [0.25, 0.3) is 0 Å². The van der Waals surface area contributed by atoms with Gasteiger partial charge in [-0.05, 0) is 6.42 Å². The van der Waals surface area contributed by atoms with E-state index >= 15 is 0 Å². The maximum atomic E-state index is 12.2. The van der Waals surface area contributed by atoms with E-state index in [4.69, 9.17) is 4.74 Å². The van der Waals surface area contributed by atoms with Crippen LogP contribution in [-0.4, -0.2) is 112 Å². The van der Waals surface area contributed by atoms with Crippen molar-refractivity contribution in [1.82, 2.24) is 20.0 Å². The quantitative estimate of drug-likeness (QED) is 0.681. The number of morpholine rings is 1. The van der Waals surface area contributed by atoms with Crippen molar-refractivity contribution >= 4 is 15.9 Å². The van der Waals surface area contributed by atoms with Crippen molar-refractivity contribution in [3.63, 3.8) is 0 Å². The molecule has 2 amide bonds. The third-order valence-corrected chi connectivity index (χ3v) is 6.88. The summed E-state index contributed by atoms with van der Waals surface area (Å²) in [6, 6.07) is 0.128. The monoisotopic (exact) mass is 360 g/mol. The van der Waals surface area contributed by atoms with E-state index in [1.165, 1.54) is 0 Å². The molecule has 8 nitrogen and oxygen atoms in total. The Bertz CT molecular complexity index is 528. The molecule has 0 saturated carbocycles. The summed E-state index contributed by atoms with van der Waals surface area (Å²) in [4.78, 5) is 18.6. The Labute approximate surface area is 144 Å². The number of sulfone groups is 1. The smallest absolute Gasteiger partial charge is 0.317 e. The maximum absolute atomic E-state index is 12.2. The van der Waals surface area contributed by atoms with Gasteiger partial charge < -0.3 is 15.0 Å². The molecule has 138 valence electrons. The lowest BCUT2D eigenvalue weighted by Gasteiger charge is -2.37. The number of hydrogen-bond donors (Lipinski definition) is 1. The van der Waals surface area contributed by atoms with Gasteiger partial charge in [0.2, 0.25) is 0 Å². The molecule has 0 spiro atoms. The first-order valence-electron chi connectivity index (χ1n) is 8.81. The molecule has 1 N–H and O–H groups in total. The van der Waals surface area contributed by atoms with Crippen LogP contribution in [-0.2, 0) is 14.6 Å². The van der Waals surface area contributed by atoms with E-state index in [2.05, 4.69) is 15.1 Å². The molecule has 3 heterocycles. The third kappa shape index (κ3) is 4.81. The Morgan fingerprint density at radius 1 is 1.08 bits per heavy atom. The standard InChI is InChI=1S/C15H28N4O4S/c20-15(16-2-3-17-8-10-23-11-9-17)19-6-4-18(5-7-19)14-1-12-24(21,22)13-14/h14H,1-13H2,(H,16,20). The average molecular weight is 360 g/mol. The van der Waals surface area contributed by atoms with Crippen molar-refractivity contribution in [2.24, 2.45) is 0 Å². The first-order chi connectivity index (χ1) is 11.5. The highest BCUT2D eigenvalue weighted by atomic mass is 32.2. The summed E-state index contributed by atoms with van der Waals surface area (Å²) < 4.78 is 28.5. The Kier molecular flexibility index (Phi) is 5.96. The van der Waals surface area contributed by atoms with Crippen molar-refractivity contribution in [3.8, 4) is 0 Å². The van der Waals surface area contributed by atoms with E-state index in [1.54, 1.807) is 0 Å². The van der Waals surface area contributed by atoms with E-state index < -0.39 is 9.84 Å². The molecule has 0 bridgehead atoms. The minimum atomic E-state index is -2.85. The zero-order valence-corrected chi connectivity index (χ0v) is 15.0. The fourth-order valence-corrected chi connectivity index (χ4v) is 5.37. The largest absolute Gasteiger partial charge is 0.379 e. The molecule has 3 fully saturated rings. The van der Waals surface area contributed by atoms with Crippen LogP contribution in [0.1, 0.15) is 6.42 Å². The minimum absolute atomic E-state index is 0.0121. The minimum Gasteiger partial charge on any atom is -0.379 e. The van der Waals surface area contributed by atoms with Gasteiger partial charge in [0.15, 0.2) is 9.84 Å². The number of carbonyl (C=O) groups is 1. The molecule has 0 radical (unpaired) electrons. The molecular formula is C15H28N4O4S. The second-order valence-corrected chi connectivity index (χ2v) is 8.99. The Balaban J connectivity index is 1.34. The van der Waals surface area contributed by atoms with Crippen molar-refractivity contribution in [2.75, 3.05) is 77.1 Å². The Hall–Kier alpha value is -0.900. The van der Waals surface area contributed by atoms with E-state index in [1.807, 2.05) is 4.90 Å². The second kappa shape index (κ2) is 7.99. The van der Waals surface area contributed by atoms with Crippen LogP contribution in [0, 0.1) is 0 Å². The van der Waals surface area contributed by atoms with E-state index in [0.29, 0.717) is 25.4 Å². The number of nitrogens with one attached hydrogen (secondary N) is 1. The van der Waals surface area contributed by atoms with Crippen LogP contribution in [0.4, 0.5) is 4.79 Å². The molecule has 0 aromatic heterocycles. The summed E-state index contributed by atoms with van der Waals surface area (Å²) in [7, 11) is -2.85. The van der Waals surface area contributed by atoms with Gasteiger partial charge in [-0.2, -0.15) is 0 Å². The molecular weight excluding hydrogens is 332 g/mol. The van der Waals surface area contributed by atoms with Gasteiger partial charge in [-0.1, -0.05) is 0 Å². The summed E-state index contributed by atoms with van der Waals surface area (Å²) in [5, 5.41) is 2.99. The second-order valence-electron chi connectivity index (χ2n) is 6.77. The predicted molar refractivity (Wildman–Crippen MR) is 90.9 cm³/mol. The predicted octanol–water partition coefficient (Wildman–Crippen LogP) is -1.17. The summed E-state index contributed by atoms with van der Waals surface area (Å²) in [5.74, 6) is 0.582. The van der Waals surface area contributed by atoms with E-state index in [0.717, 1.165) is 52.4 Å². The number of ether oxygens (including phenoxy) is 1. The lowest BCUT2D eigenvalue weighted by Crippen LogP contribution is -2.55. The summed E-state index contributed by atoms with van der Waals surface area (Å²) in [5.41, 5.74) is 0. The zero-order chi connectivity index (χ0) is 17.0. The lowest BCUT2D eigenvalue weighted by molar-refractivity contribution is 0.0384. The average Bonchev–Trinajstić information content (AvgIpc) is 2.96. The highest BCUT2D eigenvalue weighted by molar-refractivity contribution is 7.91. The zero-order valence-electron chi connectivity index (χ0n) is 14.2. The van der Waals surface area contributed by atoms with Gasteiger partial charge in [0, 0.05) is 58.4 Å². The number of amides is 2. The SMILES string of the molecule is O=C(NCCN1CCOCC1)N1CCN(C2CCS(=O)(=O)C2)CC1. The van der Waals surface area contributed by atoms with Gasteiger partial charge in [-0.15, -0.1) is 0 Å². The van der Waals surface area contributed by atoms with Crippen molar-refractivity contribution in [2.45, 2.75) is 12.5 Å². The van der Waals surface area contributed by atoms with E-state index in [-0.39, 0.29) is 17.8 Å². The lowest BCUT2D eigenvalue weighted by atomic mass is 10.2. The molecule has 3 rings (SSSR count). The molecule has 1 unspecified atom stereocenters. The van der Waals surface area contributed by atoms with Crippen LogP contribution < -0.4 is 5.32 Å². The van der Waals surface area contributed by atoms with Crippen LogP contribution >= 0.6 is 0 Å². The number of rotatable bonds is 4. The van der Waals surface area contributed by atoms with Crippen molar-refractivity contribution in [3.05, 3.63) is 0 Å². The van der Waals surface area contributed by atoms with Crippen LogP contribution in [0.15, 0.2) is 0 Å². The van der Waals surface area contributed by atoms with E-state index in [9.17, 15) is 13.2 Å². The molecule has 3 aliphatic heterocycles. The van der Waals surface area contributed by atoms with Crippen LogP contribution in [0.5, 0.6) is 0 Å². The van der Waals surface area contributed by atoms with Gasteiger partial charge in [0.05, 0.1) is 24.7 Å². The molecule has 3 saturated heterocycles. The number of carbonyl (C=O) groups excluding carboxylic acids is 1. The van der Waals surface area contributed by atoms with Gasteiger partial charge >= 0.3 is 6.03 Å². The van der Waals surface area contributed by atoms with Gasteiger partial charge in [-0.25, -0.2) is 13.2 Å². The fourth-order valence-electron chi connectivity index (χ4n) is 3.61. The van der Waals surface area contributed by atoms with Gasteiger partial charge in [-0.3, -0.25) is 9.80 Å². The summed E-state index contributed by atoms with van der Waals surface area (Å²) in [6.07, 6.45) is 0.730. The summed E-state index contributed by atoms with van der Waals surface area (Å²) in [6.45, 7) is 7.76. The highest BCUT2D eigenvalue weighted by Gasteiger charge is 2.34. The fraction of sp³-hybridized carbons (Fsp3) is 0.933. The van der Waals surface area contributed by atoms with Crippen LogP contribution in [0.2, 0.25) is 0 Å². The molecule has 24 heavy (non-hydrogen) atoms. The van der Waals surface area contributed by atoms with Crippen LogP contribution in [0.3, 0.4) is 0 Å². The Morgan fingerprint density at radius 2 is 1.79 bits per heavy atom. The van der Waals surface area contributed by atoms with Crippen molar-refractivity contribution < 1.29 is 17.9 Å². The van der Waals surface area contributed by atoms with Crippen molar-refractivity contribution in [1.29, 1.82) is 0 Å². The number of nitrogens with zero attached hydrogens (tertiary/aromatic N) is 3. The Morgan fingerprint density at radius 3 is 2.42 bits per heavy atom. The molecule has 1 atom stereocenters. The molecule has 0 aromatic rings. The number of piperazine rings is 1. The first kappa shape index (κ1) is 17.9. The number of hydrogen-bond acceptors (Lipinski definition) is 6. The van der Waals surface area contributed by atoms with Gasteiger partial charge in [0.1, 0.15) is 0 Å². The normalized spacial score (nSPS) is 28.8. The molecule has 0 aromatic carbocycles. The first-order valence-corrected chi connectivity index (χ1v) is 10.6. The topological polar surface area (TPSA) is 82.2 Å².